The van der Waals surface area contributed by atoms with E-state index in [2.05, 4.69) is 0 Å². The third kappa shape index (κ3) is 2.67. The van der Waals surface area contributed by atoms with E-state index in [9.17, 15) is 4.79 Å². The molecule has 0 aliphatic heterocycles. The second kappa shape index (κ2) is 5.54. The number of rotatable bonds is 3. The van der Waals surface area contributed by atoms with Crippen LogP contribution in [0.1, 0.15) is 15.9 Å². The van der Waals surface area contributed by atoms with E-state index in [0.717, 1.165) is 21.9 Å². The van der Waals surface area contributed by atoms with Crippen LogP contribution in [0.4, 0.5) is 0 Å². The summed E-state index contributed by atoms with van der Waals surface area (Å²) in [6, 6.07) is 23.7. The molecule has 0 bridgehead atoms. The van der Waals surface area contributed by atoms with Crippen LogP contribution in [0.5, 0.6) is 0 Å². The summed E-state index contributed by atoms with van der Waals surface area (Å²) < 4.78 is 0. The topological polar surface area (TPSA) is 17.1 Å². The number of carbonyl (C=O) groups is 1. The number of hydrogen-bond donors (Lipinski definition) is 0. The van der Waals surface area contributed by atoms with E-state index in [1.54, 1.807) is 6.08 Å². The zero-order chi connectivity index (χ0) is 13.8. The summed E-state index contributed by atoms with van der Waals surface area (Å²) in [6.45, 7) is 0. The lowest BCUT2D eigenvalue weighted by atomic mass is 10.0. The van der Waals surface area contributed by atoms with Crippen LogP contribution in [0.3, 0.4) is 0 Å². The molecule has 20 heavy (non-hydrogen) atoms. The summed E-state index contributed by atoms with van der Waals surface area (Å²) in [5.41, 5.74) is 1.75. The smallest absolute Gasteiger partial charge is 0.185 e. The third-order valence-electron chi connectivity index (χ3n) is 3.26. The first-order valence-corrected chi connectivity index (χ1v) is 6.59. The van der Waals surface area contributed by atoms with Crippen molar-refractivity contribution in [1.82, 2.24) is 0 Å². The monoisotopic (exact) mass is 258 g/mol. The van der Waals surface area contributed by atoms with Crippen LogP contribution in [0.2, 0.25) is 0 Å². The molecule has 0 N–H and O–H groups in total. The van der Waals surface area contributed by atoms with Gasteiger partial charge in [-0.2, -0.15) is 0 Å². The average molecular weight is 258 g/mol. The molecule has 0 saturated heterocycles. The third-order valence-corrected chi connectivity index (χ3v) is 3.26. The fourth-order valence-electron chi connectivity index (χ4n) is 2.17. The zero-order valence-electron chi connectivity index (χ0n) is 11.0. The van der Waals surface area contributed by atoms with Crippen molar-refractivity contribution in [2.24, 2.45) is 0 Å². The minimum atomic E-state index is 0.0274. The minimum Gasteiger partial charge on any atom is -0.289 e. The van der Waals surface area contributed by atoms with Gasteiger partial charge in [-0.05, 0) is 28.5 Å². The Morgan fingerprint density at radius 2 is 1.45 bits per heavy atom. The normalized spacial score (nSPS) is 11.0. The van der Waals surface area contributed by atoms with Crippen molar-refractivity contribution in [2.45, 2.75) is 0 Å². The summed E-state index contributed by atoms with van der Waals surface area (Å²) >= 11 is 0. The quantitative estimate of drug-likeness (QED) is 0.490. The molecule has 0 fully saturated rings. The van der Waals surface area contributed by atoms with E-state index in [-0.39, 0.29) is 5.78 Å². The van der Waals surface area contributed by atoms with Gasteiger partial charge in [-0.25, -0.2) is 0 Å². The zero-order valence-corrected chi connectivity index (χ0v) is 11.0. The number of benzene rings is 3. The van der Waals surface area contributed by atoms with Crippen LogP contribution in [-0.2, 0) is 0 Å². The second-order valence-electron chi connectivity index (χ2n) is 4.67. The lowest BCUT2D eigenvalue weighted by Crippen LogP contribution is -1.93. The molecular weight excluding hydrogens is 244 g/mol. The number of carbonyl (C=O) groups excluding carboxylic acids is 1. The van der Waals surface area contributed by atoms with E-state index in [1.165, 1.54) is 0 Å². The Kier molecular flexibility index (Phi) is 3.42. The number of ketones is 1. The van der Waals surface area contributed by atoms with Gasteiger partial charge in [0.15, 0.2) is 5.78 Å². The van der Waals surface area contributed by atoms with Gasteiger partial charge in [-0.3, -0.25) is 4.79 Å². The van der Waals surface area contributed by atoms with E-state index < -0.39 is 0 Å². The van der Waals surface area contributed by atoms with Crippen LogP contribution >= 0.6 is 0 Å². The van der Waals surface area contributed by atoms with Gasteiger partial charge < -0.3 is 0 Å². The molecule has 0 amide bonds. The summed E-state index contributed by atoms with van der Waals surface area (Å²) in [7, 11) is 0. The van der Waals surface area contributed by atoms with Crippen LogP contribution in [0.25, 0.3) is 16.8 Å². The van der Waals surface area contributed by atoms with E-state index in [0.29, 0.717) is 0 Å². The Balaban J connectivity index is 1.87. The molecule has 3 rings (SSSR count). The van der Waals surface area contributed by atoms with E-state index in [4.69, 9.17) is 0 Å². The second-order valence-corrected chi connectivity index (χ2v) is 4.67. The van der Waals surface area contributed by atoms with Gasteiger partial charge in [0.25, 0.3) is 0 Å². The molecule has 0 radical (unpaired) electrons. The number of fused-ring (bicyclic) bond motifs is 1. The summed E-state index contributed by atoms with van der Waals surface area (Å²) in [5, 5.41) is 2.24. The van der Waals surface area contributed by atoms with Gasteiger partial charge in [0.05, 0.1) is 0 Å². The maximum atomic E-state index is 12.2. The maximum Gasteiger partial charge on any atom is 0.185 e. The van der Waals surface area contributed by atoms with Gasteiger partial charge in [-0.1, -0.05) is 72.8 Å². The van der Waals surface area contributed by atoms with Gasteiger partial charge in [0, 0.05) is 5.56 Å². The van der Waals surface area contributed by atoms with Gasteiger partial charge in [0.1, 0.15) is 0 Å². The fraction of sp³-hybridized carbons (Fsp3) is 0. The van der Waals surface area contributed by atoms with Gasteiger partial charge in [0.2, 0.25) is 0 Å². The molecule has 3 aromatic carbocycles. The van der Waals surface area contributed by atoms with Crippen molar-refractivity contribution in [1.29, 1.82) is 0 Å². The Morgan fingerprint density at radius 3 is 2.25 bits per heavy atom. The molecule has 0 unspecified atom stereocenters. The first-order valence-electron chi connectivity index (χ1n) is 6.59. The molecule has 0 atom stereocenters. The highest BCUT2D eigenvalue weighted by atomic mass is 16.1. The molecule has 0 aliphatic rings. The highest BCUT2D eigenvalue weighted by molar-refractivity contribution is 6.08. The maximum absolute atomic E-state index is 12.2. The standard InChI is InChI=1S/C19H14O/c20-19(13-10-15-6-2-1-3-7-15)18-12-11-16-8-4-5-9-17(16)14-18/h1-14H/b13-10-. The summed E-state index contributed by atoms with van der Waals surface area (Å²) in [5.74, 6) is 0.0274. The Labute approximate surface area is 118 Å². The molecule has 0 aromatic heterocycles. The molecule has 0 spiro atoms. The Morgan fingerprint density at radius 1 is 0.750 bits per heavy atom. The Bertz CT molecular complexity index is 770. The molecular formula is C19H14O. The predicted molar refractivity (Wildman–Crippen MR) is 83.8 cm³/mol. The molecule has 0 heterocycles. The van der Waals surface area contributed by atoms with Gasteiger partial charge in [-0.15, -0.1) is 0 Å². The van der Waals surface area contributed by atoms with Crippen molar-refractivity contribution in [2.75, 3.05) is 0 Å². The summed E-state index contributed by atoms with van der Waals surface area (Å²) in [6.07, 6.45) is 3.47. The van der Waals surface area contributed by atoms with Crippen molar-refractivity contribution in [3.05, 3.63) is 90.0 Å². The van der Waals surface area contributed by atoms with Crippen molar-refractivity contribution >= 4 is 22.6 Å². The minimum absolute atomic E-state index is 0.0274. The molecule has 1 nitrogen and oxygen atoms in total. The highest BCUT2D eigenvalue weighted by Crippen LogP contribution is 2.16. The predicted octanol–water partition coefficient (Wildman–Crippen LogP) is 4.74. The molecule has 3 aromatic rings. The lowest BCUT2D eigenvalue weighted by Gasteiger charge is -2.00. The SMILES string of the molecule is O=C(/C=C\c1ccccc1)c1ccc2ccccc2c1. The number of hydrogen-bond acceptors (Lipinski definition) is 1. The first kappa shape index (κ1) is 12.4. The molecule has 0 saturated carbocycles. The van der Waals surface area contributed by atoms with E-state index >= 15 is 0 Å². The molecule has 0 aliphatic carbocycles. The van der Waals surface area contributed by atoms with Gasteiger partial charge >= 0.3 is 0 Å². The van der Waals surface area contributed by atoms with Crippen molar-refractivity contribution in [3.63, 3.8) is 0 Å². The lowest BCUT2D eigenvalue weighted by molar-refractivity contribution is 0.104. The molecule has 1 heteroatoms. The van der Waals surface area contributed by atoms with Crippen LogP contribution in [0, 0.1) is 0 Å². The summed E-state index contributed by atoms with van der Waals surface area (Å²) in [4.78, 5) is 12.2. The van der Waals surface area contributed by atoms with Crippen LogP contribution in [-0.4, -0.2) is 5.78 Å². The average Bonchev–Trinajstić information content (AvgIpc) is 2.53. The van der Waals surface area contributed by atoms with Crippen molar-refractivity contribution in [3.8, 4) is 0 Å². The van der Waals surface area contributed by atoms with E-state index in [1.807, 2.05) is 78.9 Å². The first-order chi connectivity index (χ1) is 9.83. The van der Waals surface area contributed by atoms with Crippen LogP contribution in [0.15, 0.2) is 78.9 Å². The van der Waals surface area contributed by atoms with Crippen molar-refractivity contribution < 1.29 is 4.79 Å². The highest BCUT2D eigenvalue weighted by Gasteiger charge is 2.02. The van der Waals surface area contributed by atoms with Crippen LogP contribution < -0.4 is 0 Å². The fourth-order valence-corrected chi connectivity index (χ4v) is 2.17. The largest absolute Gasteiger partial charge is 0.289 e. The Hall–Kier alpha value is -2.67. The molecule has 96 valence electrons. The number of allylic oxidation sites excluding steroid dienone is 1.